The standard InChI is InChI=1S/C16H26N2O2/c1-4-13-8-7-9-14(5-2)16(13)17-15(20)12-18(6-3)10-11-19/h7-9,19H,4-6,10-12H2,1-3H3,(H,17,20). The molecule has 4 nitrogen and oxygen atoms in total. The van der Waals surface area contributed by atoms with Crippen molar-refractivity contribution in [3.05, 3.63) is 29.3 Å². The summed E-state index contributed by atoms with van der Waals surface area (Å²) >= 11 is 0. The smallest absolute Gasteiger partial charge is 0.238 e. The summed E-state index contributed by atoms with van der Waals surface area (Å²) in [6.07, 6.45) is 1.80. The van der Waals surface area contributed by atoms with E-state index < -0.39 is 0 Å². The van der Waals surface area contributed by atoms with E-state index >= 15 is 0 Å². The van der Waals surface area contributed by atoms with E-state index in [4.69, 9.17) is 5.11 Å². The van der Waals surface area contributed by atoms with Crippen LogP contribution in [0.5, 0.6) is 0 Å². The summed E-state index contributed by atoms with van der Waals surface area (Å²) in [6, 6.07) is 6.15. The number of aliphatic hydroxyl groups is 1. The number of aliphatic hydroxyl groups excluding tert-OH is 1. The lowest BCUT2D eigenvalue weighted by Gasteiger charge is -2.20. The van der Waals surface area contributed by atoms with Gasteiger partial charge in [0.1, 0.15) is 0 Å². The lowest BCUT2D eigenvalue weighted by atomic mass is 10.0. The number of nitrogens with zero attached hydrogens (tertiary/aromatic N) is 1. The predicted octanol–water partition coefficient (Wildman–Crippen LogP) is 2.06. The van der Waals surface area contributed by atoms with Crippen LogP contribution in [-0.2, 0) is 17.6 Å². The minimum absolute atomic E-state index is 0.0177. The number of aryl methyl sites for hydroxylation is 2. The summed E-state index contributed by atoms with van der Waals surface area (Å²) in [4.78, 5) is 14.1. The van der Waals surface area contributed by atoms with Crippen LogP contribution < -0.4 is 5.32 Å². The zero-order chi connectivity index (χ0) is 15.0. The summed E-state index contributed by atoms with van der Waals surface area (Å²) in [5.74, 6) is -0.0177. The normalized spacial score (nSPS) is 10.8. The molecule has 2 N–H and O–H groups in total. The minimum Gasteiger partial charge on any atom is -0.395 e. The second-order valence-electron chi connectivity index (χ2n) is 4.80. The van der Waals surface area contributed by atoms with Gasteiger partial charge in [0.15, 0.2) is 0 Å². The molecule has 4 heteroatoms. The Morgan fingerprint density at radius 3 is 2.25 bits per heavy atom. The van der Waals surface area contributed by atoms with Crippen molar-refractivity contribution in [3.8, 4) is 0 Å². The van der Waals surface area contributed by atoms with Gasteiger partial charge in [-0.2, -0.15) is 0 Å². The highest BCUT2D eigenvalue weighted by Crippen LogP contribution is 2.22. The van der Waals surface area contributed by atoms with Crippen LogP contribution in [0.25, 0.3) is 0 Å². The molecule has 0 aliphatic heterocycles. The molecule has 0 aliphatic rings. The van der Waals surface area contributed by atoms with Crippen molar-refractivity contribution in [1.82, 2.24) is 4.90 Å². The molecule has 0 radical (unpaired) electrons. The van der Waals surface area contributed by atoms with E-state index in [0.717, 1.165) is 25.1 Å². The quantitative estimate of drug-likeness (QED) is 0.765. The zero-order valence-corrected chi connectivity index (χ0v) is 12.8. The number of carbonyl (C=O) groups excluding carboxylic acids is 1. The van der Waals surface area contributed by atoms with E-state index in [9.17, 15) is 4.79 Å². The summed E-state index contributed by atoms with van der Waals surface area (Å²) in [6.45, 7) is 7.85. The SMILES string of the molecule is CCc1cccc(CC)c1NC(=O)CN(CC)CCO. The van der Waals surface area contributed by atoms with E-state index in [1.807, 2.05) is 17.9 Å². The third-order valence-corrected chi connectivity index (χ3v) is 3.49. The minimum atomic E-state index is -0.0177. The fourth-order valence-electron chi connectivity index (χ4n) is 2.28. The molecular formula is C16H26N2O2. The highest BCUT2D eigenvalue weighted by atomic mass is 16.3. The molecule has 0 atom stereocenters. The Kier molecular flexibility index (Phi) is 7.26. The third kappa shape index (κ3) is 4.62. The van der Waals surface area contributed by atoms with Crippen LogP contribution >= 0.6 is 0 Å². The van der Waals surface area contributed by atoms with Gasteiger partial charge in [0, 0.05) is 12.2 Å². The fraction of sp³-hybridized carbons (Fsp3) is 0.562. The average molecular weight is 278 g/mol. The lowest BCUT2D eigenvalue weighted by molar-refractivity contribution is -0.117. The summed E-state index contributed by atoms with van der Waals surface area (Å²) in [7, 11) is 0. The number of likely N-dealkylation sites (N-methyl/N-ethyl adjacent to an activating group) is 1. The molecule has 0 saturated heterocycles. The van der Waals surface area contributed by atoms with E-state index in [1.165, 1.54) is 11.1 Å². The van der Waals surface area contributed by atoms with Gasteiger partial charge in [-0.15, -0.1) is 0 Å². The molecule has 0 fully saturated rings. The number of carbonyl (C=O) groups is 1. The number of anilines is 1. The lowest BCUT2D eigenvalue weighted by Crippen LogP contribution is -2.35. The van der Waals surface area contributed by atoms with Crippen molar-refractivity contribution in [2.45, 2.75) is 33.6 Å². The zero-order valence-electron chi connectivity index (χ0n) is 12.8. The first-order valence-electron chi connectivity index (χ1n) is 7.40. The van der Waals surface area contributed by atoms with Gasteiger partial charge in [-0.1, -0.05) is 39.0 Å². The Labute approximate surface area is 121 Å². The number of nitrogens with one attached hydrogen (secondary N) is 1. The van der Waals surface area contributed by atoms with Crippen molar-refractivity contribution in [3.63, 3.8) is 0 Å². The van der Waals surface area contributed by atoms with E-state index in [-0.39, 0.29) is 12.5 Å². The summed E-state index contributed by atoms with van der Waals surface area (Å²) in [5, 5.41) is 12.0. The molecule has 1 amide bonds. The van der Waals surface area contributed by atoms with Crippen molar-refractivity contribution >= 4 is 11.6 Å². The monoisotopic (exact) mass is 278 g/mol. The number of hydrogen-bond acceptors (Lipinski definition) is 3. The Bertz CT molecular complexity index is 410. The topological polar surface area (TPSA) is 52.6 Å². The van der Waals surface area contributed by atoms with Crippen LogP contribution in [0.4, 0.5) is 5.69 Å². The van der Waals surface area contributed by atoms with Crippen LogP contribution in [0.1, 0.15) is 31.9 Å². The van der Waals surface area contributed by atoms with Gasteiger partial charge in [-0.3, -0.25) is 9.69 Å². The highest BCUT2D eigenvalue weighted by molar-refractivity contribution is 5.93. The Balaban J connectivity index is 2.79. The van der Waals surface area contributed by atoms with Crippen LogP contribution in [0.15, 0.2) is 18.2 Å². The molecule has 0 heterocycles. The van der Waals surface area contributed by atoms with Crippen molar-refractivity contribution in [2.24, 2.45) is 0 Å². The third-order valence-electron chi connectivity index (χ3n) is 3.49. The number of para-hydroxylation sites is 1. The molecule has 20 heavy (non-hydrogen) atoms. The number of hydrogen-bond donors (Lipinski definition) is 2. The van der Waals surface area contributed by atoms with Crippen LogP contribution in [0, 0.1) is 0 Å². The Hall–Kier alpha value is -1.39. The maximum absolute atomic E-state index is 12.2. The van der Waals surface area contributed by atoms with Crippen molar-refractivity contribution < 1.29 is 9.90 Å². The first kappa shape index (κ1) is 16.7. The summed E-state index contributed by atoms with van der Waals surface area (Å²) < 4.78 is 0. The predicted molar refractivity (Wildman–Crippen MR) is 83.0 cm³/mol. The maximum Gasteiger partial charge on any atom is 0.238 e. The van der Waals surface area contributed by atoms with Crippen molar-refractivity contribution in [1.29, 1.82) is 0 Å². The van der Waals surface area contributed by atoms with Gasteiger partial charge >= 0.3 is 0 Å². The van der Waals surface area contributed by atoms with E-state index in [0.29, 0.717) is 13.1 Å². The first-order valence-corrected chi connectivity index (χ1v) is 7.40. The molecule has 1 aromatic carbocycles. The maximum atomic E-state index is 12.2. The number of amides is 1. The molecule has 0 unspecified atom stereocenters. The second kappa shape index (κ2) is 8.72. The number of rotatable bonds is 8. The largest absolute Gasteiger partial charge is 0.395 e. The van der Waals surface area contributed by atoms with Crippen LogP contribution in [0.3, 0.4) is 0 Å². The molecule has 0 saturated carbocycles. The van der Waals surface area contributed by atoms with Gasteiger partial charge in [0.25, 0.3) is 0 Å². The number of benzene rings is 1. The second-order valence-corrected chi connectivity index (χ2v) is 4.80. The Morgan fingerprint density at radius 1 is 1.20 bits per heavy atom. The van der Waals surface area contributed by atoms with Gasteiger partial charge in [-0.25, -0.2) is 0 Å². The average Bonchev–Trinajstić information content (AvgIpc) is 2.46. The fourth-order valence-corrected chi connectivity index (χ4v) is 2.28. The van der Waals surface area contributed by atoms with Gasteiger partial charge in [0.2, 0.25) is 5.91 Å². The van der Waals surface area contributed by atoms with E-state index in [2.05, 4.69) is 31.3 Å². The van der Waals surface area contributed by atoms with Gasteiger partial charge in [0.05, 0.1) is 13.2 Å². The molecule has 0 aliphatic carbocycles. The molecular weight excluding hydrogens is 252 g/mol. The van der Waals surface area contributed by atoms with Crippen molar-refractivity contribution in [2.75, 3.05) is 31.6 Å². The summed E-state index contributed by atoms with van der Waals surface area (Å²) in [5.41, 5.74) is 3.30. The molecule has 0 spiro atoms. The Morgan fingerprint density at radius 2 is 1.80 bits per heavy atom. The van der Waals surface area contributed by atoms with Gasteiger partial charge in [-0.05, 0) is 30.5 Å². The molecule has 1 rings (SSSR count). The highest BCUT2D eigenvalue weighted by Gasteiger charge is 2.12. The molecule has 1 aromatic rings. The van der Waals surface area contributed by atoms with Crippen LogP contribution in [0.2, 0.25) is 0 Å². The van der Waals surface area contributed by atoms with E-state index in [1.54, 1.807) is 0 Å². The van der Waals surface area contributed by atoms with Gasteiger partial charge < -0.3 is 10.4 Å². The molecule has 112 valence electrons. The first-order chi connectivity index (χ1) is 9.65. The molecule has 0 bridgehead atoms. The molecule has 0 aromatic heterocycles. The van der Waals surface area contributed by atoms with Crippen LogP contribution in [-0.4, -0.2) is 42.2 Å².